The van der Waals surface area contributed by atoms with Gasteiger partial charge in [0, 0.05) is 19.3 Å². The van der Waals surface area contributed by atoms with Gasteiger partial charge in [-0.3, -0.25) is 0 Å². The van der Waals surface area contributed by atoms with E-state index in [4.69, 9.17) is 5.73 Å². The highest BCUT2D eigenvalue weighted by molar-refractivity contribution is 5.50. The first kappa shape index (κ1) is 13.0. The molecule has 0 bridgehead atoms. The molecule has 1 aromatic rings. The Morgan fingerprint density at radius 2 is 1.75 bits per heavy atom. The first-order valence-electron chi connectivity index (χ1n) is 6.06. The molecule has 0 saturated carbocycles. The fourth-order valence-electron chi connectivity index (χ4n) is 2.03. The predicted molar refractivity (Wildman–Crippen MR) is 72.0 cm³/mol. The molecular weight excluding hydrogens is 196 g/mol. The molecule has 0 radical (unpaired) electrons. The van der Waals surface area contributed by atoms with E-state index in [0.29, 0.717) is 5.92 Å². The molecule has 0 spiro atoms. The SMILES string of the molecule is CCC(CN)CN(C)c1cc(C)cc(C)c1. The molecule has 2 N–H and O–H groups in total. The Bertz CT molecular complexity index is 309. The second-order valence-corrected chi connectivity index (χ2v) is 4.74. The summed E-state index contributed by atoms with van der Waals surface area (Å²) in [4.78, 5) is 2.31. The van der Waals surface area contributed by atoms with Gasteiger partial charge in [0.2, 0.25) is 0 Å². The topological polar surface area (TPSA) is 29.3 Å². The Balaban J connectivity index is 2.75. The minimum Gasteiger partial charge on any atom is -0.374 e. The second-order valence-electron chi connectivity index (χ2n) is 4.74. The molecule has 0 aliphatic rings. The lowest BCUT2D eigenvalue weighted by Crippen LogP contribution is -2.29. The van der Waals surface area contributed by atoms with Crippen molar-refractivity contribution in [2.45, 2.75) is 27.2 Å². The van der Waals surface area contributed by atoms with Gasteiger partial charge in [-0.2, -0.15) is 0 Å². The minimum absolute atomic E-state index is 0.589. The van der Waals surface area contributed by atoms with Gasteiger partial charge < -0.3 is 10.6 Å². The van der Waals surface area contributed by atoms with Crippen molar-refractivity contribution < 1.29 is 0 Å². The predicted octanol–water partition coefficient (Wildman–Crippen LogP) is 2.72. The van der Waals surface area contributed by atoms with Gasteiger partial charge in [0.1, 0.15) is 0 Å². The highest BCUT2D eigenvalue weighted by Crippen LogP contribution is 2.18. The monoisotopic (exact) mass is 220 g/mol. The van der Waals surface area contributed by atoms with Crippen molar-refractivity contribution in [3.63, 3.8) is 0 Å². The van der Waals surface area contributed by atoms with Crippen molar-refractivity contribution in [1.29, 1.82) is 0 Å². The maximum absolute atomic E-state index is 5.74. The van der Waals surface area contributed by atoms with Crippen molar-refractivity contribution in [3.05, 3.63) is 29.3 Å². The van der Waals surface area contributed by atoms with Gasteiger partial charge in [-0.15, -0.1) is 0 Å². The summed E-state index contributed by atoms with van der Waals surface area (Å²) in [5.74, 6) is 0.589. The maximum Gasteiger partial charge on any atom is 0.0369 e. The summed E-state index contributed by atoms with van der Waals surface area (Å²) < 4.78 is 0. The van der Waals surface area contributed by atoms with E-state index in [-0.39, 0.29) is 0 Å². The van der Waals surface area contributed by atoms with E-state index in [9.17, 15) is 0 Å². The average Bonchev–Trinajstić information content (AvgIpc) is 2.24. The third kappa shape index (κ3) is 3.53. The lowest BCUT2D eigenvalue weighted by atomic mass is 10.1. The van der Waals surface area contributed by atoms with E-state index in [0.717, 1.165) is 19.5 Å². The van der Waals surface area contributed by atoms with E-state index < -0.39 is 0 Å². The summed E-state index contributed by atoms with van der Waals surface area (Å²) in [7, 11) is 2.15. The summed E-state index contributed by atoms with van der Waals surface area (Å²) in [5.41, 5.74) is 9.68. The van der Waals surface area contributed by atoms with Crippen LogP contribution in [-0.2, 0) is 0 Å². The number of hydrogen-bond donors (Lipinski definition) is 1. The third-order valence-electron chi connectivity index (χ3n) is 3.09. The summed E-state index contributed by atoms with van der Waals surface area (Å²) in [6.07, 6.45) is 1.14. The fraction of sp³-hybridized carbons (Fsp3) is 0.571. The molecule has 16 heavy (non-hydrogen) atoms. The second kappa shape index (κ2) is 5.90. The summed E-state index contributed by atoms with van der Waals surface area (Å²) in [5, 5.41) is 0. The molecule has 1 rings (SSSR count). The molecule has 90 valence electrons. The van der Waals surface area contributed by atoms with Crippen LogP contribution < -0.4 is 10.6 Å². The van der Waals surface area contributed by atoms with Crippen LogP contribution in [0.5, 0.6) is 0 Å². The molecule has 2 heteroatoms. The van der Waals surface area contributed by atoms with Crippen LogP contribution in [0.25, 0.3) is 0 Å². The van der Waals surface area contributed by atoms with Crippen molar-refractivity contribution in [3.8, 4) is 0 Å². The zero-order chi connectivity index (χ0) is 12.1. The lowest BCUT2D eigenvalue weighted by Gasteiger charge is -2.25. The van der Waals surface area contributed by atoms with Crippen LogP contribution in [0.3, 0.4) is 0 Å². The van der Waals surface area contributed by atoms with E-state index in [1.807, 2.05) is 0 Å². The number of anilines is 1. The van der Waals surface area contributed by atoms with Crippen molar-refractivity contribution in [2.24, 2.45) is 11.7 Å². The van der Waals surface area contributed by atoms with E-state index >= 15 is 0 Å². The van der Waals surface area contributed by atoms with Gasteiger partial charge in [0.25, 0.3) is 0 Å². The molecule has 0 aliphatic heterocycles. The molecular formula is C14H24N2. The van der Waals surface area contributed by atoms with Crippen LogP contribution in [0.4, 0.5) is 5.69 Å². The molecule has 0 fully saturated rings. The molecule has 0 heterocycles. The van der Waals surface area contributed by atoms with Gasteiger partial charge in [-0.25, -0.2) is 0 Å². The first-order valence-corrected chi connectivity index (χ1v) is 6.06. The van der Waals surface area contributed by atoms with E-state index in [2.05, 4.69) is 50.9 Å². The molecule has 1 aromatic carbocycles. The minimum atomic E-state index is 0.589. The summed E-state index contributed by atoms with van der Waals surface area (Å²) >= 11 is 0. The molecule has 1 unspecified atom stereocenters. The Morgan fingerprint density at radius 3 is 2.19 bits per heavy atom. The van der Waals surface area contributed by atoms with Gasteiger partial charge in [0.15, 0.2) is 0 Å². The number of rotatable bonds is 5. The number of hydrogen-bond acceptors (Lipinski definition) is 2. The van der Waals surface area contributed by atoms with Crippen LogP contribution in [-0.4, -0.2) is 20.1 Å². The summed E-state index contributed by atoms with van der Waals surface area (Å²) in [6, 6.07) is 6.67. The van der Waals surface area contributed by atoms with Crippen molar-refractivity contribution in [2.75, 3.05) is 25.0 Å². The number of aryl methyl sites for hydroxylation is 2. The van der Waals surface area contributed by atoms with Crippen LogP contribution in [0.1, 0.15) is 24.5 Å². The number of benzene rings is 1. The van der Waals surface area contributed by atoms with Crippen LogP contribution >= 0.6 is 0 Å². The zero-order valence-electron chi connectivity index (χ0n) is 11.0. The maximum atomic E-state index is 5.74. The van der Waals surface area contributed by atoms with E-state index in [1.54, 1.807) is 0 Å². The smallest absolute Gasteiger partial charge is 0.0369 e. The summed E-state index contributed by atoms with van der Waals surface area (Å²) in [6.45, 7) is 8.30. The standard InChI is InChI=1S/C14H24N2/c1-5-13(9-15)10-16(4)14-7-11(2)6-12(3)8-14/h6-8,13H,5,9-10,15H2,1-4H3. The molecule has 1 atom stereocenters. The van der Waals surface area contributed by atoms with Gasteiger partial charge >= 0.3 is 0 Å². The first-order chi connectivity index (χ1) is 7.56. The molecule has 0 amide bonds. The van der Waals surface area contributed by atoms with Crippen molar-refractivity contribution in [1.82, 2.24) is 0 Å². The Labute approximate surface area is 99.5 Å². The Hall–Kier alpha value is -1.02. The normalized spacial score (nSPS) is 12.6. The van der Waals surface area contributed by atoms with Crippen LogP contribution in [0, 0.1) is 19.8 Å². The fourth-order valence-corrected chi connectivity index (χ4v) is 2.03. The molecule has 0 aromatic heterocycles. The Kier molecular flexibility index (Phi) is 4.81. The third-order valence-corrected chi connectivity index (χ3v) is 3.09. The van der Waals surface area contributed by atoms with Crippen molar-refractivity contribution >= 4 is 5.69 Å². The zero-order valence-corrected chi connectivity index (χ0v) is 11.0. The largest absolute Gasteiger partial charge is 0.374 e. The quantitative estimate of drug-likeness (QED) is 0.826. The van der Waals surface area contributed by atoms with Gasteiger partial charge in [-0.05, 0) is 49.6 Å². The highest BCUT2D eigenvalue weighted by Gasteiger charge is 2.09. The van der Waals surface area contributed by atoms with Crippen LogP contribution in [0.15, 0.2) is 18.2 Å². The average molecular weight is 220 g/mol. The molecule has 0 aliphatic carbocycles. The molecule has 2 nitrogen and oxygen atoms in total. The Morgan fingerprint density at radius 1 is 1.19 bits per heavy atom. The lowest BCUT2D eigenvalue weighted by molar-refractivity contribution is 0.521. The van der Waals surface area contributed by atoms with Gasteiger partial charge in [-0.1, -0.05) is 19.4 Å². The highest BCUT2D eigenvalue weighted by atomic mass is 15.1. The van der Waals surface area contributed by atoms with E-state index in [1.165, 1.54) is 16.8 Å². The van der Waals surface area contributed by atoms with Gasteiger partial charge in [0.05, 0.1) is 0 Å². The molecule has 0 saturated heterocycles. The van der Waals surface area contributed by atoms with Crippen LogP contribution in [0.2, 0.25) is 0 Å². The number of nitrogens with zero attached hydrogens (tertiary/aromatic N) is 1. The number of nitrogens with two attached hydrogens (primary N) is 1.